The lowest BCUT2D eigenvalue weighted by atomic mass is 10.1. The third-order valence-electron chi connectivity index (χ3n) is 3.53. The molecule has 0 fully saturated rings. The van der Waals surface area contributed by atoms with E-state index in [-0.39, 0.29) is 0 Å². The number of rotatable bonds is 6. The van der Waals surface area contributed by atoms with Gasteiger partial charge in [0.25, 0.3) is 0 Å². The fourth-order valence-electron chi connectivity index (χ4n) is 2.40. The maximum atomic E-state index is 6.16. The molecule has 0 aliphatic rings. The van der Waals surface area contributed by atoms with Crippen LogP contribution in [0.5, 0.6) is 0 Å². The van der Waals surface area contributed by atoms with Gasteiger partial charge in [-0.25, -0.2) is 0 Å². The molecule has 112 valence electrons. The van der Waals surface area contributed by atoms with Crippen LogP contribution in [0.1, 0.15) is 24.5 Å². The highest BCUT2D eigenvalue weighted by molar-refractivity contribution is 6.30. The Morgan fingerprint density at radius 1 is 1.14 bits per heavy atom. The van der Waals surface area contributed by atoms with Crippen molar-refractivity contribution >= 4 is 23.0 Å². The van der Waals surface area contributed by atoms with Crippen LogP contribution < -0.4 is 10.2 Å². The number of hydrogen-bond donors (Lipinski definition) is 1. The first-order valence-electron chi connectivity index (χ1n) is 7.41. The number of hydrogen-bond acceptors (Lipinski definition) is 2. The van der Waals surface area contributed by atoms with Gasteiger partial charge in [0.2, 0.25) is 0 Å². The summed E-state index contributed by atoms with van der Waals surface area (Å²) in [6, 6.07) is 14.6. The molecule has 0 heterocycles. The van der Waals surface area contributed by atoms with E-state index in [1.54, 1.807) is 0 Å². The first-order valence-corrected chi connectivity index (χ1v) is 7.79. The molecule has 2 rings (SSSR count). The Bertz CT molecular complexity index is 596. The fourth-order valence-corrected chi connectivity index (χ4v) is 2.59. The van der Waals surface area contributed by atoms with Gasteiger partial charge in [-0.3, -0.25) is 0 Å². The Hall–Kier alpha value is -1.51. The molecule has 1 N–H and O–H groups in total. The number of halogens is 1. The summed E-state index contributed by atoms with van der Waals surface area (Å²) in [4.78, 5) is 2.21. The van der Waals surface area contributed by atoms with Crippen LogP contribution in [0.15, 0.2) is 42.5 Å². The zero-order chi connectivity index (χ0) is 15.2. The Morgan fingerprint density at radius 2 is 1.95 bits per heavy atom. The highest BCUT2D eigenvalue weighted by Gasteiger charge is 2.10. The van der Waals surface area contributed by atoms with Crippen LogP contribution in [0.3, 0.4) is 0 Å². The molecule has 0 atom stereocenters. The van der Waals surface area contributed by atoms with Crippen molar-refractivity contribution in [1.82, 2.24) is 5.32 Å². The Morgan fingerprint density at radius 3 is 2.67 bits per heavy atom. The molecule has 21 heavy (non-hydrogen) atoms. The van der Waals surface area contributed by atoms with E-state index in [0.29, 0.717) is 0 Å². The van der Waals surface area contributed by atoms with E-state index < -0.39 is 0 Å². The topological polar surface area (TPSA) is 15.3 Å². The SMILES string of the molecule is CCCNCc1cc(Cl)ccc1N(C)c1cccc(C)c1. The molecule has 0 spiro atoms. The zero-order valence-electron chi connectivity index (χ0n) is 13.0. The van der Waals surface area contributed by atoms with Gasteiger partial charge in [0, 0.05) is 30.0 Å². The second-order valence-corrected chi connectivity index (χ2v) is 5.78. The minimum absolute atomic E-state index is 0.782. The van der Waals surface area contributed by atoms with Crippen LogP contribution >= 0.6 is 11.6 Å². The van der Waals surface area contributed by atoms with Crippen molar-refractivity contribution in [1.29, 1.82) is 0 Å². The highest BCUT2D eigenvalue weighted by Crippen LogP contribution is 2.29. The molecule has 0 unspecified atom stereocenters. The molecule has 2 aromatic carbocycles. The van der Waals surface area contributed by atoms with Crippen LogP contribution in [-0.2, 0) is 6.54 Å². The normalized spacial score (nSPS) is 10.7. The summed E-state index contributed by atoms with van der Waals surface area (Å²) in [6.07, 6.45) is 1.13. The van der Waals surface area contributed by atoms with E-state index in [0.717, 1.165) is 24.5 Å². The number of benzene rings is 2. The smallest absolute Gasteiger partial charge is 0.0454 e. The predicted octanol–water partition coefficient (Wildman–Crippen LogP) is 4.92. The van der Waals surface area contributed by atoms with Crippen molar-refractivity contribution in [3.8, 4) is 0 Å². The molecule has 0 radical (unpaired) electrons. The molecule has 0 bridgehead atoms. The molecule has 0 amide bonds. The van der Waals surface area contributed by atoms with Crippen molar-refractivity contribution in [2.45, 2.75) is 26.8 Å². The van der Waals surface area contributed by atoms with Gasteiger partial charge < -0.3 is 10.2 Å². The van der Waals surface area contributed by atoms with E-state index in [2.05, 4.69) is 61.4 Å². The van der Waals surface area contributed by atoms with E-state index in [1.165, 1.54) is 22.5 Å². The largest absolute Gasteiger partial charge is 0.344 e. The van der Waals surface area contributed by atoms with Crippen LogP contribution in [0.25, 0.3) is 0 Å². The standard InChI is InChI=1S/C18H23ClN2/c1-4-10-20-13-15-12-16(19)8-9-18(15)21(3)17-7-5-6-14(2)11-17/h5-9,11-12,20H,4,10,13H2,1-3H3. The van der Waals surface area contributed by atoms with Crippen LogP contribution in [0.2, 0.25) is 5.02 Å². The first-order chi connectivity index (χ1) is 10.1. The molecule has 3 heteroatoms. The molecule has 0 saturated heterocycles. The molecule has 0 aromatic heterocycles. The summed E-state index contributed by atoms with van der Waals surface area (Å²) in [6.45, 7) is 6.13. The van der Waals surface area contributed by atoms with E-state index in [9.17, 15) is 0 Å². The molecular formula is C18H23ClN2. The number of aryl methyl sites for hydroxylation is 1. The second kappa shape index (κ2) is 7.48. The summed E-state index contributed by atoms with van der Waals surface area (Å²) in [5, 5.41) is 4.23. The molecule has 2 nitrogen and oxygen atoms in total. The fraction of sp³-hybridized carbons (Fsp3) is 0.333. The van der Waals surface area contributed by atoms with Crippen molar-refractivity contribution in [3.63, 3.8) is 0 Å². The first kappa shape index (κ1) is 15.9. The Kier molecular flexibility index (Phi) is 5.66. The van der Waals surface area contributed by atoms with Crippen LogP contribution in [-0.4, -0.2) is 13.6 Å². The van der Waals surface area contributed by atoms with E-state index >= 15 is 0 Å². The lowest BCUT2D eigenvalue weighted by Gasteiger charge is -2.23. The average Bonchev–Trinajstić information content (AvgIpc) is 2.47. The van der Waals surface area contributed by atoms with Crippen molar-refractivity contribution in [2.24, 2.45) is 0 Å². The maximum Gasteiger partial charge on any atom is 0.0454 e. The lowest BCUT2D eigenvalue weighted by molar-refractivity contribution is 0.675. The minimum atomic E-state index is 0.782. The Labute approximate surface area is 132 Å². The lowest BCUT2D eigenvalue weighted by Crippen LogP contribution is -2.18. The second-order valence-electron chi connectivity index (χ2n) is 5.35. The third-order valence-corrected chi connectivity index (χ3v) is 3.77. The monoisotopic (exact) mass is 302 g/mol. The van der Waals surface area contributed by atoms with Crippen molar-refractivity contribution in [3.05, 3.63) is 58.6 Å². The summed E-state index contributed by atoms with van der Waals surface area (Å²) in [7, 11) is 2.10. The third kappa shape index (κ3) is 4.23. The van der Waals surface area contributed by atoms with Gasteiger partial charge in [-0.2, -0.15) is 0 Å². The maximum absolute atomic E-state index is 6.16. The van der Waals surface area contributed by atoms with E-state index in [1.807, 2.05) is 12.1 Å². The number of nitrogens with one attached hydrogen (secondary N) is 1. The summed E-state index contributed by atoms with van der Waals surface area (Å²) >= 11 is 6.16. The molecule has 2 aromatic rings. The van der Waals surface area contributed by atoms with Crippen molar-refractivity contribution < 1.29 is 0 Å². The molecule has 0 aliphatic heterocycles. The van der Waals surface area contributed by atoms with Gasteiger partial charge in [0.1, 0.15) is 0 Å². The van der Waals surface area contributed by atoms with Gasteiger partial charge in [-0.05, 0) is 61.3 Å². The quantitative estimate of drug-likeness (QED) is 0.762. The molecular weight excluding hydrogens is 280 g/mol. The van der Waals surface area contributed by atoms with Crippen LogP contribution in [0.4, 0.5) is 11.4 Å². The Balaban J connectivity index is 2.29. The average molecular weight is 303 g/mol. The van der Waals surface area contributed by atoms with Gasteiger partial charge in [-0.1, -0.05) is 30.7 Å². The van der Waals surface area contributed by atoms with Gasteiger partial charge in [-0.15, -0.1) is 0 Å². The van der Waals surface area contributed by atoms with Crippen molar-refractivity contribution in [2.75, 3.05) is 18.5 Å². The molecule has 0 aliphatic carbocycles. The summed E-state index contributed by atoms with van der Waals surface area (Å²) < 4.78 is 0. The van der Waals surface area contributed by atoms with Gasteiger partial charge in [0.05, 0.1) is 0 Å². The van der Waals surface area contributed by atoms with Gasteiger partial charge in [0.15, 0.2) is 0 Å². The number of nitrogens with zero attached hydrogens (tertiary/aromatic N) is 1. The summed E-state index contributed by atoms with van der Waals surface area (Å²) in [5.41, 5.74) is 4.86. The highest BCUT2D eigenvalue weighted by atomic mass is 35.5. The van der Waals surface area contributed by atoms with Crippen LogP contribution in [0, 0.1) is 6.92 Å². The van der Waals surface area contributed by atoms with Gasteiger partial charge >= 0.3 is 0 Å². The number of anilines is 2. The predicted molar refractivity (Wildman–Crippen MR) is 92.7 cm³/mol. The van der Waals surface area contributed by atoms with E-state index in [4.69, 9.17) is 11.6 Å². The minimum Gasteiger partial charge on any atom is -0.344 e. The molecule has 0 saturated carbocycles. The zero-order valence-corrected chi connectivity index (χ0v) is 13.7. The summed E-state index contributed by atoms with van der Waals surface area (Å²) in [5.74, 6) is 0.